The summed E-state index contributed by atoms with van der Waals surface area (Å²) in [4.78, 5) is 41.0. The number of piperidine rings is 1. The van der Waals surface area contributed by atoms with Gasteiger partial charge >= 0.3 is 0 Å². The number of carbonyl (C=O) groups is 3. The number of nitrogens with zero attached hydrogens (tertiary/aromatic N) is 2. The molecule has 0 aliphatic carbocycles. The Kier molecular flexibility index (Phi) is 6.35. The van der Waals surface area contributed by atoms with Gasteiger partial charge in [0.15, 0.2) is 5.60 Å². The largest absolute Gasteiger partial charge is 0.394 e. The Morgan fingerprint density at radius 1 is 1.28 bits per heavy atom. The number of fused-ring (bicyclic) bond motifs is 1. The SMILES string of the molecule is C[C@H](/C=C/CC(=O)N1CCC[C@H]1CO)[C@@]1(O)C(=O)Nc2ccc(N3CCCCC3=O)cc21. The van der Waals surface area contributed by atoms with Gasteiger partial charge in [-0.2, -0.15) is 0 Å². The van der Waals surface area contributed by atoms with Crippen LogP contribution >= 0.6 is 0 Å². The third kappa shape index (κ3) is 3.93. The molecule has 3 amide bonds. The summed E-state index contributed by atoms with van der Waals surface area (Å²) in [6.45, 7) is 2.97. The molecule has 1 aromatic rings. The number of benzene rings is 1. The number of anilines is 2. The zero-order chi connectivity index (χ0) is 22.9. The molecule has 3 atom stereocenters. The van der Waals surface area contributed by atoms with Crippen LogP contribution in [0.2, 0.25) is 0 Å². The number of amides is 3. The number of carbonyl (C=O) groups excluding carboxylic acids is 3. The summed E-state index contributed by atoms with van der Waals surface area (Å²) in [5, 5.41) is 23.6. The van der Waals surface area contributed by atoms with Crippen molar-refractivity contribution in [1.82, 2.24) is 4.90 Å². The minimum atomic E-state index is -1.79. The van der Waals surface area contributed by atoms with Crippen LogP contribution in [0.25, 0.3) is 0 Å². The number of aliphatic hydroxyl groups excluding tert-OH is 1. The van der Waals surface area contributed by atoms with E-state index in [-0.39, 0.29) is 30.9 Å². The summed E-state index contributed by atoms with van der Waals surface area (Å²) in [6.07, 6.45) is 7.51. The van der Waals surface area contributed by atoms with Crippen LogP contribution in [0.3, 0.4) is 0 Å². The second-order valence-corrected chi connectivity index (χ2v) is 8.94. The van der Waals surface area contributed by atoms with E-state index < -0.39 is 17.4 Å². The Bertz CT molecular complexity index is 946. The molecule has 0 aromatic heterocycles. The predicted octanol–water partition coefficient (Wildman–Crippen LogP) is 1.91. The van der Waals surface area contributed by atoms with Crippen molar-refractivity contribution in [1.29, 1.82) is 0 Å². The number of rotatable bonds is 6. The van der Waals surface area contributed by atoms with Gasteiger partial charge in [0, 0.05) is 48.8 Å². The molecule has 0 spiro atoms. The lowest BCUT2D eigenvalue weighted by Gasteiger charge is -2.29. The van der Waals surface area contributed by atoms with E-state index in [1.165, 1.54) is 0 Å². The number of likely N-dealkylation sites (tertiary alicyclic amines) is 1. The fourth-order valence-corrected chi connectivity index (χ4v) is 4.98. The van der Waals surface area contributed by atoms with E-state index in [9.17, 15) is 24.6 Å². The van der Waals surface area contributed by atoms with E-state index in [1.54, 1.807) is 47.1 Å². The first-order valence-corrected chi connectivity index (χ1v) is 11.4. The molecular weight excluding hydrogens is 410 g/mol. The van der Waals surface area contributed by atoms with Gasteiger partial charge in [-0.15, -0.1) is 0 Å². The fraction of sp³-hybridized carbons (Fsp3) is 0.542. The molecule has 0 unspecified atom stereocenters. The predicted molar refractivity (Wildman–Crippen MR) is 120 cm³/mol. The summed E-state index contributed by atoms with van der Waals surface area (Å²) in [7, 11) is 0. The van der Waals surface area contributed by atoms with Crippen molar-refractivity contribution in [3.8, 4) is 0 Å². The highest BCUT2D eigenvalue weighted by Gasteiger charge is 2.49. The second kappa shape index (κ2) is 9.03. The lowest BCUT2D eigenvalue weighted by atomic mass is 9.82. The molecule has 172 valence electrons. The van der Waals surface area contributed by atoms with Crippen molar-refractivity contribution >= 4 is 29.1 Å². The molecule has 1 aromatic carbocycles. The molecule has 8 nitrogen and oxygen atoms in total. The zero-order valence-electron chi connectivity index (χ0n) is 18.4. The summed E-state index contributed by atoms with van der Waals surface area (Å²) < 4.78 is 0. The van der Waals surface area contributed by atoms with Gasteiger partial charge in [-0.05, 0) is 43.9 Å². The molecule has 3 aliphatic heterocycles. The first-order valence-electron chi connectivity index (χ1n) is 11.4. The van der Waals surface area contributed by atoms with E-state index in [0.29, 0.717) is 36.4 Å². The van der Waals surface area contributed by atoms with Crippen LogP contribution in [-0.4, -0.2) is 58.6 Å². The lowest BCUT2D eigenvalue weighted by Crippen LogP contribution is -2.40. The average molecular weight is 442 g/mol. The van der Waals surface area contributed by atoms with Gasteiger partial charge in [0.1, 0.15) is 0 Å². The highest BCUT2D eigenvalue weighted by Crippen LogP contribution is 2.43. The Balaban J connectivity index is 1.51. The van der Waals surface area contributed by atoms with E-state index in [2.05, 4.69) is 5.32 Å². The van der Waals surface area contributed by atoms with E-state index >= 15 is 0 Å². The lowest BCUT2D eigenvalue weighted by molar-refractivity contribution is -0.137. The van der Waals surface area contributed by atoms with Gasteiger partial charge in [-0.3, -0.25) is 14.4 Å². The van der Waals surface area contributed by atoms with Crippen molar-refractivity contribution in [2.45, 2.75) is 57.1 Å². The Morgan fingerprint density at radius 2 is 2.09 bits per heavy atom. The van der Waals surface area contributed by atoms with Crippen molar-refractivity contribution < 1.29 is 24.6 Å². The minimum absolute atomic E-state index is 0.0373. The summed E-state index contributed by atoms with van der Waals surface area (Å²) in [6, 6.07) is 5.12. The molecule has 32 heavy (non-hydrogen) atoms. The maximum absolute atomic E-state index is 12.8. The molecule has 2 fully saturated rings. The smallest absolute Gasteiger partial charge is 0.261 e. The van der Waals surface area contributed by atoms with Crippen LogP contribution < -0.4 is 10.2 Å². The molecule has 0 radical (unpaired) electrons. The van der Waals surface area contributed by atoms with Gasteiger partial charge in [0.2, 0.25) is 11.8 Å². The Hall–Kier alpha value is -2.71. The first-order chi connectivity index (χ1) is 15.4. The summed E-state index contributed by atoms with van der Waals surface area (Å²) in [5.74, 6) is -1.13. The third-order valence-electron chi connectivity index (χ3n) is 6.93. The zero-order valence-corrected chi connectivity index (χ0v) is 18.4. The summed E-state index contributed by atoms with van der Waals surface area (Å²) >= 11 is 0. The van der Waals surface area contributed by atoms with Gasteiger partial charge in [-0.25, -0.2) is 0 Å². The van der Waals surface area contributed by atoms with Crippen LogP contribution in [0.5, 0.6) is 0 Å². The van der Waals surface area contributed by atoms with Crippen LogP contribution in [0.4, 0.5) is 11.4 Å². The maximum atomic E-state index is 12.8. The molecule has 3 heterocycles. The van der Waals surface area contributed by atoms with Crippen molar-refractivity contribution in [2.75, 3.05) is 29.9 Å². The number of aliphatic hydroxyl groups is 2. The molecule has 8 heteroatoms. The number of nitrogens with one attached hydrogen (secondary N) is 1. The summed E-state index contributed by atoms with van der Waals surface area (Å²) in [5.41, 5.74) is -0.129. The molecular formula is C24H31N3O5. The topological polar surface area (TPSA) is 110 Å². The second-order valence-electron chi connectivity index (χ2n) is 8.94. The van der Waals surface area contributed by atoms with Gasteiger partial charge in [-0.1, -0.05) is 19.1 Å². The van der Waals surface area contributed by atoms with Crippen molar-refractivity contribution in [3.63, 3.8) is 0 Å². The standard InChI is InChI=1S/C24H31N3O5/c1-16(6-4-9-22(30)27-13-5-7-18(27)15-28)24(32)19-14-17(10-11-20(19)25-23(24)31)26-12-3-2-8-21(26)29/h4,6,10-11,14,16,18,28,32H,2-3,5,7-9,12-13,15H2,1H3,(H,25,31)/b6-4+/t16-,18+,24+/m1/s1. The van der Waals surface area contributed by atoms with Crippen molar-refractivity contribution in [3.05, 3.63) is 35.9 Å². The van der Waals surface area contributed by atoms with Crippen LogP contribution in [0.1, 0.15) is 51.0 Å². The molecule has 3 aliphatic rings. The van der Waals surface area contributed by atoms with Crippen LogP contribution in [-0.2, 0) is 20.0 Å². The van der Waals surface area contributed by atoms with E-state index in [1.807, 2.05) is 0 Å². The van der Waals surface area contributed by atoms with E-state index in [0.717, 1.165) is 25.7 Å². The first kappa shape index (κ1) is 22.5. The quantitative estimate of drug-likeness (QED) is 0.584. The Morgan fingerprint density at radius 3 is 2.84 bits per heavy atom. The number of hydrogen-bond donors (Lipinski definition) is 3. The fourth-order valence-electron chi connectivity index (χ4n) is 4.98. The Labute approximate surface area is 187 Å². The maximum Gasteiger partial charge on any atom is 0.261 e. The van der Waals surface area contributed by atoms with Gasteiger partial charge in [0.25, 0.3) is 5.91 Å². The monoisotopic (exact) mass is 441 g/mol. The molecule has 3 N–H and O–H groups in total. The third-order valence-corrected chi connectivity index (χ3v) is 6.93. The molecule has 0 bridgehead atoms. The van der Waals surface area contributed by atoms with Crippen molar-refractivity contribution in [2.24, 2.45) is 5.92 Å². The molecule has 0 saturated carbocycles. The van der Waals surface area contributed by atoms with E-state index in [4.69, 9.17) is 0 Å². The normalized spacial score (nSPS) is 26.5. The number of hydrogen-bond acceptors (Lipinski definition) is 5. The van der Waals surface area contributed by atoms with Crippen LogP contribution in [0.15, 0.2) is 30.4 Å². The molecule has 4 rings (SSSR count). The highest BCUT2D eigenvalue weighted by atomic mass is 16.3. The van der Waals surface area contributed by atoms with Gasteiger partial charge < -0.3 is 25.3 Å². The van der Waals surface area contributed by atoms with Gasteiger partial charge in [0.05, 0.1) is 12.6 Å². The average Bonchev–Trinajstić information content (AvgIpc) is 3.37. The molecule has 2 saturated heterocycles. The highest BCUT2D eigenvalue weighted by molar-refractivity contribution is 6.06. The minimum Gasteiger partial charge on any atom is -0.394 e. The van der Waals surface area contributed by atoms with Crippen LogP contribution in [0, 0.1) is 5.92 Å².